The Hall–Kier alpha value is -1.77. The average Bonchev–Trinajstić information content (AvgIpc) is 3.30. The Morgan fingerprint density at radius 3 is 3.25 bits per heavy atom. The molecule has 0 radical (unpaired) electrons. The third-order valence-electron chi connectivity index (χ3n) is 4.60. The summed E-state index contributed by atoms with van der Waals surface area (Å²) in [4.78, 5) is 18.5. The normalized spacial score (nSPS) is 27.5. The maximum atomic E-state index is 12.7. The van der Waals surface area contributed by atoms with Crippen molar-refractivity contribution in [2.75, 3.05) is 26.3 Å². The number of hydrogen-bond donors (Lipinski definition) is 0. The molecular formula is C16H20N4O3S. The van der Waals surface area contributed by atoms with Crippen molar-refractivity contribution in [1.82, 2.24) is 19.7 Å². The summed E-state index contributed by atoms with van der Waals surface area (Å²) in [6.45, 7) is 2.95. The van der Waals surface area contributed by atoms with Crippen LogP contribution >= 0.6 is 11.3 Å². The van der Waals surface area contributed by atoms with Crippen LogP contribution in [-0.2, 0) is 16.0 Å². The Bertz CT molecular complexity index is 676. The van der Waals surface area contributed by atoms with Gasteiger partial charge in [0.05, 0.1) is 38.0 Å². The predicted octanol–water partition coefficient (Wildman–Crippen LogP) is 1.43. The summed E-state index contributed by atoms with van der Waals surface area (Å²) >= 11 is 1.54. The molecule has 7 nitrogen and oxygen atoms in total. The molecule has 1 amide bonds. The van der Waals surface area contributed by atoms with Crippen LogP contribution in [0.4, 0.5) is 0 Å². The lowest BCUT2D eigenvalue weighted by Gasteiger charge is -2.31. The minimum absolute atomic E-state index is 0.0597. The molecule has 1 spiro atoms. The Morgan fingerprint density at radius 2 is 2.46 bits per heavy atom. The van der Waals surface area contributed by atoms with Crippen molar-refractivity contribution in [3.8, 4) is 0 Å². The van der Waals surface area contributed by atoms with Crippen molar-refractivity contribution >= 4 is 17.2 Å². The van der Waals surface area contributed by atoms with Gasteiger partial charge in [-0.1, -0.05) is 0 Å². The van der Waals surface area contributed by atoms with Gasteiger partial charge in [0.2, 0.25) is 0 Å². The lowest BCUT2D eigenvalue weighted by atomic mass is 10.00. The number of hydrogen-bond acceptors (Lipinski definition) is 6. The number of rotatable bonds is 3. The molecule has 2 aliphatic heterocycles. The fraction of sp³-hybridized carbons (Fsp3) is 0.562. The summed E-state index contributed by atoms with van der Waals surface area (Å²) in [6.07, 6.45) is 5.13. The number of amides is 1. The first-order valence-corrected chi connectivity index (χ1v) is 9.08. The number of aromatic nitrogens is 3. The van der Waals surface area contributed by atoms with Gasteiger partial charge in [-0.05, 0) is 24.3 Å². The van der Waals surface area contributed by atoms with E-state index in [1.165, 1.54) is 17.7 Å². The minimum Gasteiger partial charge on any atom is -0.377 e. The highest BCUT2D eigenvalue weighted by Gasteiger charge is 2.44. The molecule has 128 valence electrons. The van der Waals surface area contributed by atoms with E-state index < -0.39 is 5.60 Å². The number of thiophene rings is 1. The molecule has 8 heteroatoms. The lowest BCUT2D eigenvalue weighted by Crippen LogP contribution is -2.46. The van der Waals surface area contributed by atoms with E-state index in [2.05, 4.69) is 10.1 Å². The van der Waals surface area contributed by atoms with E-state index in [4.69, 9.17) is 9.47 Å². The second-order valence-corrected chi connectivity index (χ2v) is 7.15. The van der Waals surface area contributed by atoms with Gasteiger partial charge in [-0.2, -0.15) is 16.4 Å². The molecule has 0 N–H and O–H groups in total. The second-order valence-electron chi connectivity index (χ2n) is 6.37. The second kappa shape index (κ2) is 6.62. The predicted molar refractivity (Wildman–Crippen MR) is 87.9 cm³/mol. The highest BCUT2D eigenvalue weighted by Crippen LogP contribution is 2.34. The molecule has 2 fully saturated rings. The molecule has 0 aliphatic carbocycles. The van der Waals surface area contributed by atoms with Crippen LogP contribution in [-0.4, -0.2) is 63.6 Å². The fourth-order valence-electron chi connectivity index (χ4n) is 3.43. The summed E-state index contributed by atoms with van der Waals surface area (Å²) in [5.41, 5.74) is 0.335. The molecule has 0 aromatic carbocycles. The van der Waals surface area contributed by atoms with Crippen molar-refractivity contribution in [2.45, 2.75) is 31.1 Å². The molecule has 4 heterocycles. The number of carbonyl (C=O) groups is 1. The molecule has 2 saturated heterocycles. The molecule has 2 aromatic rings. The summed E-state index contributed by atoms with van der Waals surface area (Å²) in [5.74, 6) is 0.0597. The lowest BCUT2D eigenvalue weighted by molar-refractivity contribution is -0.0881. The van der Waals surface area contributed by atoms with Gasteiger partial charge >= 0.3 is 0 Å². The van der Waals surface area contributed by atoms with Gasteiger partial charge in [0.25, 0.3) is 5.91 Å². The molecule has 24 heavy (non-hydrogen) atoms. The van der Waals surface area contributed by atoms with E-state index in [-0.39, 0.29) is 12.0 Å². The van der Waals surface area contributed by atoms with E-state index in [1.54, 1.807) is 11.0 Å². The largest absolute Gasteiger partial charge is 0.377 e. The maximum absolute atomic E-state index is 12.7. The van der Waals surface area contributed by atoms with Crippen LogP contribution < -0.4 is 0 Å². The van der Waals surface area contributed by atoms with E-state index in [0.717, 1.165) is 18.4 Å². The smallest absolute Gasteiger partial charge is 0.254 e. The Kier molecular flexibility index (Phi) is 4.34. The summed E-state index contributed by atoms with van der Waals surface area (Å²) in [5, 5.41) is 7.96. The van der Waals surface area contributed by atoms with E-state index in [1.807, 2.05) is 21.7 Å². The minimum atomic E-state index is -0.409. The zero-order valence-electron chi connectivity index (χ0n) is 13.3. The van der Waals surface area contributed by atoms with Gasteiger partial charge in [0, 0.05) is 11.9 Å². The maximum Gasteiger partial charge on any atom is 0.254 e. The van der Waals surface area contributed by atoms with Crippen LogP contribution in [0.5, 0.6) is 0 Å². The molecule has 0 saturated carbocycles. The topological polar surface area (TPSA) is 69.5 Å². The average molecular weight is 348 g/mol. The van der Waals surface area contributed by atoms with Gasteiger partial charge in [-0.15, -0.1) is 0 Å². The molecule has 2 aromatic heterocycles. The van der Waals surface area contributed by atoms with Crippen LogP contribution in [0.2, 0.25) is 0 Å². The van der Waals surface area contributed by atoms with Crippen LogP contribution in [0, 0.1) is 0 Å². The van der Waals surface area contributed by atoms with Gasteiger partial charge < -0.3 is 14.4 Å². The zero-order chi connectivity index (χ0) is 16.4. The first-order chi connectivity index (χ1) is 11.7. The SMILES string of the molecule is O=C(c1ccsc1)N1CCOC[C@@]2(CC[C@H](Cn3cncn3)O2)C1. The van der Waals surface area contributed by atoms with E-state index in [9.17, 15) is 4.79 Å². The fourth-order valence-corrected chi connectivity index (χ4v) is 4.06. The molecule has 0 unspecified atom stereocenters. The Morgan fingerprint density at radius 1 is 1.50 bits per heavy atom. The molecule has 0 bridgehead atoms. The van der Waals surface area contributed by atoms with Gasteiger partial charge in [-0.25, -0.2) is 4.98 Å². The third kappa shape index (κ3) is 3.22. The molecule has 2 atom stereocenters. The van der Waals surface area contributed by atoms with Crippen molar-refractivity contribution in [3.05, 3.63) is 35.0 Å². The number of carbonyl (C=O) groups excluding carboxylic acids is 1. The van der Waals surface area contributed by atoms with E-state index >= 15 is 0 Å². The highest BCUT2D eigenvalue weighted by molar-refractivity contribution is 7.08. The van der Waals surface area contributed by atoms with Crippen molar-refractivity contribution < 1.29 is 14.3 Å². The quantitative estimate of drug-likeness (QED) is 0.839. The Balaban J connectivity index is 1.45. The van der Waals surface area contributed by atoms with Crippen LogP contribution in [0.15, 0.2) is 29.5 Å². The van der Waals surface area contributed by atoms with Gasteiger partial charge in [0.1, 0.15) is 18.3 Å². The van der Waals surface area contributed by atoms with Crippen LogP contribution in [0.1, 0.15) is 23.2 Å². The van der Waals surface area contributed by atoms with E-state index in [0.29, 0.717) is 32.8 Å². The zero-order valence-corrected chi connectivity index (χ0v) is 14.2. The summed E-state index contributed by atoms with van der Waals surface area (Å²) in [7, 11) is 0. The first kappa shape index (κ1) is 15.7. The van der Waals surface area contributed by atoms with Crippen LogP contribution in [0.25, 0.3) is 0 Å². The monoisotopic (exact) mass is 348 g/mol. The van der Waals surface area contributed by atoms with Crippen molar-refractivity contribution in [1.29, 1.82) is 0 Å². The van der Waals surface area contributed by atoms with Crippen molar-refractivity contribution in [3.63, 3.8) is 0 Å². The highest BCUT2D eigenvalue weighted by atomic mass is 32.1. The summed E-state index contributed by atoms with van der Waals surface area (Å²) < 4.78 is 13.9. The molecule has 2 aliphatic rings. The third-order valence-corrected chi connectivity index (χ3v) is 5.28. The molecular weight excluding hydrogens is 328 g/mol. The number of ether oxygens (including phenoxy) is 2. The summed E-state index contributed by atoms with van der Waals surface area (Å²) in [6, 6.07) is 1.87. The van der Waals surface area contributed by atoms with Crippen molar-refractivity contribution in [2.24, 2.45) is 0 Å². The van der Waals surface area contributed by atoms with Gasteiger partial charge in [0.15, 0.2) is 0 Å². The standard InChI is InChI=1S/C16H20N4O3S/c21-15(13-2-6-24-8-13)19-4-5-22-10-16(9-19)3-1-14(23-16)7-20-12-17-11-18-20/h2,6,8,11-12,14H,1,3-5,7,9-10H2/t14-,16-/m1/s1. The first-order valence-electron chi connectivity index (χ1n) is 8.14. The Labute approximate surface area is 144 Å². The molecule has 4 rings (SSSR count). The van der Waals surface area contributed by atoms with Gasteiger partial charge in [-0.3, -0.25) is 9.48 Å². The number of nitrogens with zero attached hydrogens (tertiary/aromatic N) is 4. The van der Waals surface area contributed by atoms with Crippen LogP contribution in [0.3, 0.4) is 0 Å².